The van der Waals surface area contributed by atoms with Crippen molar-refractivity contribution in [3.05, 3.63) is 64.2 Å². The van der Waals surface area contributed by atoms with Gasteiger partial charge >= 0.3 is 0 Å². The zero-order valence-corrected chi connectivity index (χ0v) is 14.4. The lowest BCUT2D eigenvalue weighted by atomic mass is 10.1. The van der Waals surface area contributed by atoms with Crippen molar-refractivity contribution in [3.8, 4) is 0 Å². The van der Waals surface area contributed by atoms with Crippen molar-refractivity contribution in [2.75, 3.05) is 0 Å². The van der Waals surface area contributed by atoms with Crippen molar-refractivity contribution in [3.63, 3.8) is 0 Å². The Morgan fingerprint density at radius 3 is 2.57 bits per heavy atom. The van der Waals surface area contributed by atoms with Gasteiger partial charge in [0, 0.05) is 28.3 Å². The Bertz CT molecular complexity index is 596. The maximum atomic E-state index is 6.14. The van der Waals surface area contributed by atoms with E-state index in [1.54, 1.807) is 0 Å². The van der Waals surface area contributed by atoms with Crippen LogP contribution >= 0.6 is 23.4 Å². The van der Waals surface area contributed by atoms with E-state index in [2.05, 4.69) is 62.5 Å². The van der Waals surface area contributed by atoms with Crippen LogP contribution in [0, 0.1) is 6.92 Å². The summed E-state index contributed by atoms with van der Waals surface area (Å²) in [5.74, 6) is 0.989. The molecule has 0 amide bonds. The fourth-order valence-electron chi connectivity index (χ4n) is 2.07. The number of nitrogens with one attached hydrogen (secondary N) is 1. The first-order chi connectivity index (χ1) is 10.1. The van der Waals surface area contributed by atoms with Crippen molar-refractivity contribution in [1.82, 2.24) is 5.32 Å². The van der Waals surface area contributed by atoms with Gasteiger partial charge in [0.1, 0.15) is 0 Å². The quantitative estimate of drug-likeness (QED) is 0.712. The smallest absolute Gasteiger partial charge is 0.0410 e. The fraction of sp³-hybridized carbons (Fsp3) is 0.333. The highest BCUT2D eigenvalue weighted by atomic mass is 35.5. The summed E-state index contributed by atoms with van der Waals surface area (Å²) in [7, 11) is 0. The standard InChI is InChI=1S/C18H22ClNS/c1-13(2)20-11-16-10-17(19)8-9-18(16)21-12-15-7-5-4-6-14(15)3/h4-10,13,20H,11-12H2,1-3H3. The van der Waals surface area contributed by atoms with Gasteiger partial charge in [-0.2, -0.15) is 0 Å². The van der Waals surface area contributed by atoms with Crippen LogP contribution in [-0.4, -0.2) is 6.04 Å². The fourth-order valence-corrected chi connectivity index (χ4v) is 3.38. The Morgan fingerprint density at radius 1 is 1.10 bits per heavy atom. The molecule has 0 saturated carbocycles. The third-order valence-corrected chi connectivity index (χ3v) is 4.77. The Morgan fingerprint density at radius 2 is 1.86 bits per heavy atom. The maximum Gasteiger partial charge on any atom is 0.0410 e. The molecule has 1 N–H and O–H groups in total. The Hall–Kier alpha value is -0.960. The summed E-state index contributed by atoms with van der Waals surface area (Å²) in [5, 5.41) is 4.27. The minimum atomic E-state index is 0.471. The van der Waals surface area contributed by atoms with Crippen LogP contribution in [0.25, 0.3) is 0 Å². The molecule has 0 aliphatic heterocycles. The second-order valence-corrected chi connectivity index (χ2v) is 6.96. The van der Waals surface area contributed by atoms with Crippen LogP contribution in [0.15, 0.2) is 47.4 Å². The molecule has 0 bridgehead atoms. The van der Waals surface area contributed by atoms with Crippen LogP contribution in [0.2, 0.25) is 5.02 Å². The van der Waals surface area contributed by atoms with Gasteiger partial charge < -0.3 is 5.32 Å². The van der Waals surface area contributed by atoms with E-state index in [0.29, 0.717) is 6.04 Å². The first-order valence-corrected chi connectivity index (χ1v) is 8.61. The van der Waals surface area contributed by atoms with Gasteiger partial charge in [-0.05, 0) is 41.8 Å². The van der Waals surface area contributed by atoms with E-state index in [-0.39, 0.29) is 0 Å². The molecule has 0 heterocycles. The molecule has 0 aliphatic carbocycles. The first kappa shape index (κ1) is 16.4. The molecule has 0 aliphatic rings. The maximum absolute atomic E-state index is 6.14. The average molecular weight is 320 g/mol. The number of benzene rings is 2. The molecule has 112 valence electrons. The van der Waals surface area contributed by atoms with Crippen molar-refractivity contribution in [2.45, 2.75) is 44.0 Å². The van der Waals surface area contributed by atoms with Gasteiger partial charge in [0.05, 0.1) is 0 Å². The Labute approximate surface area is 137 Å². The molecule has 0 unspecified atom stereocenters. The van der Waals surface area contributed by atoms with Crippen LogP contribution in [0.3, 0.4) is 0 Å². The van der Waals surface area contributed by atoms with Gasteiger partial charge in [0.15, 0.2) is 0 Å². The molecule has 0 atom stereocenters. The molecule has 3 heteroatoms. The average Bonchev–Trinajstić information content (AvgIpc) is 2.45. The van der Waals surface area contributed by atoms with Crippen LogP contribution in [0.5, 0.6) is 0 Å². The molecule has 2 rings (SSSR count). The SMILES string of the molecule is Cc1ccccc1CSc1ccc(Cl)cc1CNC(C)C. The highest BCUT2D eigenvalue weighted by Gasteiger charge is 2.06. The molecule has 1 nitrogen and oxygen atoms in total. The van der Waals surface area contributed by atoms with Crippen molar-refractivity contribution in [2.24, 2.45) is 0 Å². The summed E-state index contributed by atoms with van der Waals surface area (Å²) < 4.78 is 0. The van der Waals surface area contributed by atoms with E-state index in [4.69, 9.17) is 11.6 Å². The Balaban J connectivity index is 2.10. The monoisotopic (exact) mass is 319 g/mol. The van der Waals surface area contributed by atoms with Crippen molar-refractivity contribution in [1.29, 1.82) is 0 Å². The minimum absolute atomic E-state index is 0.471. The summed E-state index contributed by atoms with van der Waals surface area (Å²) in [6.07, 6.45) is 0. The summed E-state index contributed by atoms with van der Waals surface area (Å²) >= 11 is 8.01. The van der Waals surface area contributed by atoms with Gasteiger partial charge in [-0.25, -0.2) is 0 Å². The van der Waals surface area contributed by atoms with E-state index in [0.717, 1.165) is 17.3 Å². The molecule has 0 aromatic heterocycles. The largest absolute Gasteiger partial charge is 0.310 e. The third kappa shape index (κ3) is 5.06. The number of rotatable bonds is 6. The number of thioether (sulfide) groups is 1. The van der Waals surface area contributed by atoms with E-state index in [9.17, 15) is 0 Å². The lowest BCUT2D eigenvalue weighted by Crippen LogP contribution is -2.22. The van der Waals surface area contributed by atoms with Gasteiger partial charge in [0.2, 0.25) is 0 Å². The van der Waals surface area contributed by atoms with Gasteiger partial charge in [-0.15, -0.1) is 11.8 Å². The molecule has 0 radical (unpaired) electrons. The minimum Gasteiger partial charge on any atom is -0.310 e. The molecule has 0 fully saturated rings. The molecular weight excluding hydrogens is 298 g/mol. The highest BCUT2D eigenvalue weighted by Crippen LogP contribution is 2.29. The van der Waals surface area contributed by atoms with E-state index < -0.39 is 0 Å². The molecule has 0 saturated heterocycles. The van der Waals surface area contributed by atoms with E-state index >= 15 is 0 Å². The van der Waals surface area contributed by atoms with Crippen molar-refractivity contribution < 1.29 is 0 Å². The topological polar surface area (TPSA) is 12.0 Å². The second-order valence-electron chi connectivity index (χ2n) is 5.50. The second kappa shape index (κ2) is 7.88. The third-order valence-electron chi connectivity index (χ3n) is 3.37. The Kier molecular flexibility index (Phi) is 6.16. The molecule has 2 aromatic carbocycles. The summed E-state index contributed by atoms with van der Waals surface area (Å²) in [6.45, 7) is 7.34. The zero-order chi connectivity index (χ0) is 15.2. The summed E-state index contributed by atoms with van der Waals surface area (Å²) in [5.41, 5.74) is 4.01. The summed E-state index contributed by atoms with van der Waals surface area (Å²) in [4.78, 5) is 1.30. The van der Waals surface area contributed by atoms with Gasteiger partial charge in [-0.3, -0.25) is 0 Å². The number of hydrogen-bond donors (Lipinski definition) is 1. The summed E-state index contributed by atoms with van der Waals surface area (Å²) in [6, 6.07) is 15.2. The zero-order valence-electron chi connectivity index (χ0n) is 12.8. The first-order valence-electron chi connectivity index (χ1n) is 7.25. The predicted molar refractivity (Wildman–Crippen MR) is 94.2 cm³/mol. The number of halogens is 1. The van der Waals surface area contributed by atoms with Crippen LogP contribution in [0.4, 0.5) is 0 Å². The molecule has 0 spiro atoms. The van der Waals surface area contributed by atoms with Crippen molar-refractivity contribution >= 4 is 23.4 Å². The molecular formula is C18H22ClNS. The van der Waals surface area contributed by atoms with Crippen LogP contribution in [0.1, 0.15) is 30.5 Å². The van der Waals surface area contributed by atoms with Crippen LogP contribution in [-0.2, 0) is 12.3 Å². The van der Waals surface area contributed by atoms with E-state index in [1.165, 1.54) is 21.6 Å². The number of hydrogen-bond acceptors (Lipinski definition) is 2. The van der Waals surface area contributed by atoms with Gasteiger partial charge in [-0.1, -0.05) is 49.7 Å². The van der Waals surface area contributed by atoms with E-state index in [1.807, 2.05) is 17.8 Å². The van der Waals surface area contributed by atoms with Gasteiger partial charge in [0.25, 0.3) is 0 Å². The lowest BCUT2D eigenvalue weighted by Gasteiger charge is -2.13. The normalized spacial score (nSPS) is 11.1. The number of aryl methyl sites for hydroxylation is 1. The predicted octanol–water partition coefficient (Wildman–Crippen LogP) is 5.44. The van der Waals surface area contributed by atoms with Crippen LogP contribution < -0.4 is 5.32 Å². The molecule has 2 aromatic rings. The molecule has 21 heavy (non-hydrogen) atoms. The lowest BCUT2D eigenvalue weighted by molar-refractivity contribution is 0.585. The highest BCUT2D eigenvalue weighted by molar-refractivity contribution is 7.98.